The summed E-state index contributed by atoms with van der Waals surface area (Å²) >= 11 is 6.22. The number of benzene rings is 2. The second-order valence-corrected chi connectivity index (χ2v) is 7.97. The van der Waals surface area contributed by atoms with E-state index < -0.39 is 6.04 Å². The van der Waals surface area contributed by atoms with Crippen LogP contribution in [-0.2, 0) is 6.54 Å². The van der Waals surface area contributed by atoms with Crippen LogP contribution >= 0.6 is 11.6 Å². The molecule has 2 amide bonds. The van der Waals surface area contributed by atoms with E-state index in [-0.39, 0.29) is 24.3 Å². The predicted molar refractivity (Wildman–Crippen MR) is 119 cm³/mol. The van der Waals surface area contributed by atoms with Gasteiger partial charge in [-0.15, -0.1) is 0 Å². The number of halogens is 2. The molecule has 0 spiro atoms. The minimum atomic E-state index is -0.564. The van der Waals surface area contributed by atoms with Gasteiger partial charge in [-0.25, -0.2) is 9.18 Å². The first-order valence-corrected chi connectivity index (χ1v) is 10.5. The van der Waals surface area contributed by atoms with Gasteiger partial charge in [-0.3, -0.25) is 4.90 Å². The third-order valence-corrected chi connectivity index (χ3v) is 5.67. The minimum Gasteiger partial charge on any atom is -0.467 e. The number of nitrogens with zero attached hydrogens (tertiary/aromatic N) is 3. The summed E-state index contributed by atoms with van der Waals surface area (Å²) in [5, 5.41) is 7.62. The summed E-state index contributed by atoms with van der Waals surface area (Å²) in [4.78, 5) is 19.1. The Morgan fingerprint density at radius 3 is 2.70 bits per heavy atom. The van der Waals surface area contributed by atoms with Gasteiger partial charge in [0.25, 0.3) is 5.89 Å². The number of allylic oxidation sites excluding steroid dienone is 1. The Bertz CT molecular complexity index is 1330. The Labute approximate surface area is 193 Å². The molecule has 0 saturated carbocycles. The van der Waals surface area contributed by atoms with E-state index in [1.54, 1.807) is 47.6 Å². The molecule has 0 bridgehead atoms. The number of urea groups is 1. The summed E-state index contributed by atoms with van der Waals surface area (Å²) < 4.78 is 24.4. The molecule has 0 radical (unpaired) electrons. The normalized spacial score (nSPS) is 16.3. The monoisotopic (exact) mass is 464 g/mol. The van der Waals surface area contributed by atoms with Crippen molar-refractivity contribution in [3.8, 4) is 11.4 Å². The molecule has 2 aromatic heterocycles. The summed E-state index contributed by atoms with van der Waals surface area (Å²) in [6.07, 6.45) is 1.55. The highest BCUT2D eigenvalue weighted by Gasteiger charge is 2.36. The van der Waals surface area contributed by atoms with Crippen LogP contribution < -0.4 is 5.32 Å². The Balaban J connectivity index is 1.60. The largest absolute Gasteiger partial charge is 0.467 e. The van der Waals surface area contributed by atoms with Crippen LogP contribution in [0.15, 0.2) is 81.6 Å². The molecule has 5 rings (SSSR count). The van der Waals surface area contributed by atoms with Gasteiger partial charge >= 0.3 is 6.03 Å². The van der Waals surface area contributed by atoms with Crippen molar-refractivity contribution < 1.29 is 18.1 Å². The highest BCUT2D eigenvalue weighted by atomic mass is 35.5. The van der Waals surface area contributed by atoms with Gasteiger partial charge in [0.1, 0.15) is 11.6 Å². The minimum absolute atomic E-state index is 0.232. The maximum absolute atomic E-state index is 13.3. The van der Waals surface area contributed by atoms with Crippen LogP contribution in [0.25, 0.3) is 17.0 Å². The van der Waals surface area contributed by atoms with Crippen LogP contribution in [0.4, 0.5) is 9.18 Å². The molecule has 7 nitrogen and oxygen atoms in total. The first-order valence-electron chi connectivity index (χ1n) is 10.2. The first kappa shape index (κ1) is 21.0. The number of carbonyl (C=O) groups excluding carboxylic acids is 1. The highest BCUT2D eigenvalue weighted by Crippen LogP contribution is 2.38. The second-order valence-electron chi connectivity index (χ2n) is 7.53. The van der Waals surface area contributed by atoms with Crippen LogP contribution in [0, 0.1) is 5.82 Å². The number of aromatic nitrogens is 2. The second kappa shape index (κ2) is 8.55. The molecule has 0 aliphatic carbocycles. The fourth-order valence-corrected chi connectivity index (χ4v) is 3.99. The lowest BCUT2D eigenvalue weighted by Crippen LogP contribution is -2.45. The lowest BCUT2D eigenvalue weighted by Gasteiger charge is -2.34. The van der Waals surface area contributed by atoms with Gasteiger partial charge in [0, 0.05) is 16.3 Å². The molecule has 1 unspecified atom stereocenters. The molecule has 1 atom stereocenters. The predicted octanol–water partition coefficient (Wildman–Crippen LogP) is 5.82. The van der Waals surface area contributed by atoms with Gasteiger partial charge in [-0.1, -0.05) is 28.9 Å². The van der Waals surface area contributed by atoms with Gasteiger partial charge in [0.2, 0.25) is 5.82 Å². The fourth-order valence-electron chi connectivity index (χ4n) is 3.79. The summed E-state index contributed by atoms with van der Waals surface area (Å²) in [5.41, 5.74) is 2.64. The quantitative estimate of drug-likeness (QED) is 0.402. The van der Waals surface area contributed by atoms with E-state index in [4.69, 9.17) is 20.5 Å². The molecular weight excluding hydrogens is 447 g/mol. The SMILES string of the molecule is CC1=C(c2nc(-c3ccc(F)cc3)no2)C(c2cccc(Cl)c2)NC(=O)N1Cc1ccco1. The molecule has 3 heterocycles. The standard InChI is InChI=1S/C24H18ClFN4O3/c1-14-20(23-28-22(29-33-23)15-7-9-18(26)10-8-15)21(16-4-2-5-17(25)12-16)27-24(31)30(14)13-19-6-3-11-32-19/h2-12,21H,13H2,1H3,(H,27,31). The Kier molecular flexibility index (Phi) is 5.43. The van der Waals surface area contributed by atoms with E-state index in [0.717, 1.165) is 5.56 Å². The van der Waals surface area contributed by atoms with Crippen molar-refractivity contribution >= 4 is 23.2 Å². The third kappa shape index (κ3) is 4.12. The van der Waals surface area contributed by atoms with Crippen LogP contribution in [0.2, 0.25) is 5.02 Å². The average Bonchev–Trinajstić information content (AvgIpc) is 3.49. The molecule has 4 aromatic rings. The van der Waals surface area contributed by atoms with Gasteiger partial charge in [0.15, 0.2) is 0 Å². The maximum Gasteiger partial charge on any atom is 0.322 e. The number of rotatable bonds is 5. The van der Waals surface area contributed by atoms with E-state index in [0.29, 0.717) is 33.4 Å². The number of hydrogen-bond donors (Lipinski definition) is 1. The van der Waals surface area contributed by atoms with E-state index in [1.165, 1.54) is 12.1 Å². The van der Waals surface area contributed by atoms with Crippen LogP contribution in [0.5, 0.6) is 0 Å². The number of amides is 2. The van der Waals surface area contributed by atoms with E-state index in [1.807, 2.05) is 19.1 Å². The van der Waals surface area contributed by atoms with E-state index >= 15 is 0 Å². The molecule has 1 N–H and O–H groups in total. The van der Waals surface area contributed by atoms with Crippen molar-refractivity contribution in [2.24, 2.45) is 0 Å². The summed E-state index contributed by atoms with van der Waals surface area (Å²) in [5.74, 6) is 0.819. The van der Waals surface area contributed by atoms with Gasteiger partial charge in [-0.05, 0) is 61.0 Å². The van der Waals surface area contributed by atoms with E-state index in [9.17, 15) is 9.18 Å². The summed E-state index contributed by atoms with van der Waals surface area (Å²) in [6, 6.07) is 15.7. The number of nitrogens with one attached hydrogen (secondary N) is 1. The highest BCUT2D eigenvalue weighted by molar-refractivity contribution is 6.30. The van der Waals surface area contributed by atoms with Crippen LogP contribution in [0.1, 0.15) is 30.2 Å². The summed E-state index contributed by atoms with van der Waals surface area (Å²) in [6.45, 7) is 2.05. The molecule has 1 aliphatic heterocycles. The molecule has 33 heavy (non-hydrogen) atoms. The zero-order valence-electron chi connectivity index (χ0n) is 17.5. The average molecular weight is 465 g/mol. The Morgan fingerprint density at radius 1 is 1.15 bits per heavy atom. The smallest absolute Gasteiger partial charge is 0.322 e. The number of carbonyl (C=O) groups is 1. The first-order chi connectivity index (χ1) is 16.0. The van der Waals surface area contributed by atoms with Gasteiger partial charge < -0.3 is 14.3 Å². The summed E-state index contributed by atoms with van der Waals surface area (Å²) in [7, 11) is 0. The Morgan fingerprint density at radius 2 is 1.97 bits per heavy atom. The fraction of sp³-hybridized carbons (Fsp3) is 0.125. The van der Waals surface area contributed by atoms with Crippen LogP contribution in [-0.4, -0.2) is 21.1 Å². The topological polar surface area (TPSA) is 84.4 Å². The van der Waals surface area contributed by atoms with E-state index in [2.05, 4.69) is 15.5 Å². The lowest BCUT2D eigenvalue weighted by atomic mass is 9.94. The van der Waals surface area contributed by atoms with Gasteiger partial charge in [0.05, 0.1) is 24.4 Å². The molecule has 0 saturated heterocycles. The van der Waals surface area contributed by atoms with Crippen molar-refractivity contribution in [3.05, 3.63) is 101 Å². The van der Waals surface area contributed by atoms with Crippen LogP contribution in [0.3, 0.4) is 0 Å². The molecule has 9 heteroatoms. The van der Waals surface area contributed by atoms with Crippen molar-refractivity contribution in [1.29, 1.82) is 0 Å². The van der Waals surface area contributed by atoms with Crippen molar-refractivity contribution in [3.63, 3.8) is 0 Å². The Hall–Kier alpha value is -3.91. The number of hydrogen-bond acceptors (Lipinski definition) is 5. The zero-order chi connectivity index (χ0) is 22.9. The number of furan rings is 1. The molecule has 0 fully saturated rings. The van der Waals surface area contributed by atoms with Crippen molar-refractivity contribution in [2.75, 3.05) is 0 Å². The molecular formula is C24H18ClFN4O3. The lowest BCUT2D eigenvalue weighted by molar-refractivity contribution is 0.199. The zero-order valence-corrected chi connectivity index (χ0v) is 18.2. The molecule has 1 aliphatic rings. The molecule has 2 aromatic carbocycles. The third-order valence-electron chi connectivity index (χ3n) is 5.43. The van der Waals surface area contributed by atoms with Crippen molar-refractivity contribution in [2.45, 2.75) is 19.5 Å². The maximum atomic E-state index is 13.3. The van der Waals surface area contributed by atoms with Crippen molar-refractivity contribution in [1.82, 2.24) is 20.4 Å². The van der Waals surface area contributed by atoms with Gasteiger partial charge in [-0.2, -0.15) is 4.98 Å². The molecule has 166 valence electrons.